The average molecular weight is 172 g/mol. The predicted molar refractivity (Wildman–Crippen MR) is 37.6 cm³/mol. The molecular weight excluding hydrogens is 160 g/mol. The summed E-state index contributed by atoms with van der Waals surface area (Å²) in [5.41, 5.74) is -0.738. The van der Waals surface area contributed by atoms with Gasteiger partial charge in [-0.15, -0.1) is 0 Å². The topological polar surface area (TPSA) is 80.3 Å². The Morgan fingerprint density at radius 1 is 1.17 bits per heavy atom. The van der Waals surface area contributed by atoms with E-state index in [0.717, 1.165) is 0 Å². The van der Waals surface area contributed by atoms with E-state index >= 15 is 0 Å². The van der Waals surface area contributed by atoms with Crippen LogP contribution in [0.3, 0.4) is 0 Å². The molecule has 0 atom stereocenters. The highest BCUT2D eigenvalue weighted by Gasteiger charge is 2.22. The van der Waals surface area contributed by atoms with Gasteiger partial charge in [0.1, 0.15) is 0 Å². The predicted octanol–water partition coefficient (Wildman–Crippen LogP) is -1.32. The molecule has 0 aliphatic rings. The van der Waals surface area contributed by atoms with Crippen LogP contribution in [0.5, 0.6) is 0 Å². The lowest BCUT2D eigenvalue weighted by Crippen LogP contribution is -2.35. The minimum Gasteiger partial charge on any atom is -0.550 e. The molecule has 0 bridgehead atoms. The highest BCUT2D eigenvalue weighted by Crippen LogP contribution is 2.28. The van der Waals surface area contributed by atoms with Gasteiger partial charge in [-0.05, 0) is 18.3 Å². The molecule has 0 rings (SSSR count). The monoisotopic (exact) mass is 172 g/mol. The van der Waals surface area contributed by atoms with Crippen molar-refractivity contribution in [1.29, 1.82) is 0 Å². The molecule has 0 fully saturated rings. The molecule has 0 aliphatic carbocycles. The van der Waals surface area contributed by atoms with E-state index in [1.807, 2.05) is 0 Å². The fourth-order valence-electron chi connectivity index (χ4n) is 1.01. The third kappa shape index (κ3) is 3.95. The average Bonchev–Trinajstić information content (AvgIpc) is 1.83. The Hall–Kier alpha value is -1.06. The first kappa shape index (κ1) is 10.9. The van der Waals surface area contributed by atoms with Crippen LogP contribution in [0.2, 0.25) is 0 Å². The van der Waals surface area contributed by atoms with Crippen LogP contribution in [-0.4, -0.2) is 11.9 Å². The molecule has 12 heavy (non-hydrogen) atoms. The Morgan fingerprint density at radius 3 is 1.67 bits per heavy atom. The van der Waals surface area contributed by atoms with Crippen molar-refractivity contribution in [1.82, 2.24) is 0 Å². The zero-order chi connectivity index (χ0) is 9.78. The molecule has 0 heterocycles. The molecule has 4 heteroatoms. The van der Waals surface area contributed by atoms with Crippen LogP contribution in [0.1, 0.15) is 33.1 Å². The number of carbonyl (C=O) groups is 2. The van der Waals surface area contributed by atoms with Crippen LogP contribution >= 0.6 is 0 Å². The summed E-state index contributed by atoms with van der Waals surface area (Å²) in [5.74, 6) is -2.44. The van der Waals surface area contributed by atoms with Gasteiger partial charge in [0.05, 0.1) is 0 Å². The lowest BCUT2D eigenvalue weighted by Gasteiger charge is -2.28. The standard InChI is InChI=1S/C8H14O4/c1-3-8(2,4-6(9)10)5-7(11)12/h3-5H2,1-2H3,(H,9,10)(H,11,12)/p-2. The van der Waals surface area contributed by atoms with Gasteiger partial charge in [0.15, 0.2) is 0 Å². The minimum atomic E-state index is -1.22. The second kappa shape index (κ2) is 4.09. The van der Waals surface area contributed by atoms with E-state index in [9.17, 15) is 19.8 Å². The maximum Gasteiger partial charge on any atom is 0.0419 e. The molecule has 4 nitrogen and oxygen atoms in total. The highest BCUT2D eigenvalue weighted by atomic mass is 16.4. The van der Waals surface area contributed by atoms with Crippen molar-refractivity contribution in [3.8, 4) is 0 Å². The number of hydrogen-bond acceptors (Lipinski definition) is 4. The number of carboxylic acid groups (broad SMARTS) is 2. The smallest absolute Gasteiger partial charge is 0.0419 e. The van der Waals surface area contributed by atoms with Crippen molar-refractivity contribution < 1.29 is 19.8 Å². The van der Waals surface area contributed by atoms with Crippen LogP contribution in [0.15, 0.2) is 0 Å². The van der Waals surface area contributed by atoms with Crippen molar-refractivity contribution in [3.05, 3.63) is 0 Å². The van der Waals surface area contributed by atoms with E-state index in [0.29, 0.717) is 6.42 Å². The third-order valence-electron chi connectivity index (χ3n) is 2.00. The molecule has 0 radical (unpaired) electrons. The minimum absolute atomic E-state index is 0.239. The second-order valence-electron chi connectivity index (χ2n) is 3.26. The molecule has 0 N–H and O–H groups in total. The summed E-state index contributed by atoms with van der Waals surface area (Å²) < 4.78 is 0. The maximum atomic E-state index is 10.2. The van der Waals surface area contributed by atoms with Crippen LogP contribution in [0.25, 0.3) is 0 Å². The van der Waals surface area contributed by atoms with Gasteiger partial charge < -0.3 is 19.8 Å². The summed E-state index contributed by atoms with van der Waals surface area (Å²) in [6, 6.07) is 0. The zero-order valence-corrected chi connectivity index (χ0v) is 7.25. The van der Waals surface area contributed by atoms with Crippen LogP contribution in [0.4, 0.5) is 0 Å². The quantitative estimate of drug-likeness (QED) is 0.515. The molecule has 0 saturated carbocycles. The first-order valence-corrected chi connectivity index (χ1v) is 3.79. The molecule has 0 aromatic carbocycles. The van der Waals surface area contributed by atoms with Crippen LogP contribution in [-0.2, 0) is 9.59 Å². The van der Waals surface area contributed by atoms with Gasteiger partial charge in [0.25, 0.3) is 0 Å². The highest BCUT2D eigenvalue weighted by molar-refractivity contribution is 5.69. The number of carboxylic acids is 2. The summed E-state index contributed by atoms with van der Waals surface area (Å²) in [7, 11) is 0. The summed E-state index contributed by atoms with van der Waals surface area (Å²) in [6.45, 7) is 3.34. The zero-order valence-electron chi connectivity index (χ0n) is 7.25. The number of rotatable bonds is 5. The first-order valence-electron chi connectivity index (χ1n) is 3.79. The van der Waals surface area contributed by atoms with Crippen molar-refractivity contribution in [3.63, 3.8) is 0 Å². The second-order valence-corrected chi connectivity index (χ2v) is 3.26. The van der Waals surface area contributed by atoms with E-state index < -0.39 is 17.4 Å². The number of aliphatic carboxylic acids is 2. The summed E-state index contributed by atoms with van der Waals surface area (Å²) in [6.07, 6.45) is 0.00389. The Balaban J connectivity index is 4.23. The van der Waals surface area contributed by atoms with Gasteiger partial charge in [0.2, 0.25) is 0 Å². The summed E-state index contributed by atoms with van der Waals surface area (Å²) in [5, 5.41) is 20.5. The maximum absolute atomic E-state index is 10.2. The fraction of sp³-hybridized carbons (Fsp3) is 0.750. The van der Waals surface area contributed by atoms with Gasteiger partial charge in [-0.1, -0.05) is 20.3 Å². The molecule has 70 valence electrons. The van der Waals surface area contributed by atoms with Crippen molar-refractivity contribution in [2.24, 2.45) is 5.41 Å². The Labute approximate surface area is 71.2 Å². The van der Waals surface area contributed by atoms with E-state index in [1.54, 1.807) is 13.8 Å². The van der Waals surface area contributed by atoms with Crippen molar-refractivity contribution >= 4 is 11.9 Å². The molecule has 0 aromatic rings. The Kier molecular flexibility index (Phi) is 3.73. The Morgan fingerprint density at radius 2 is 1.50 bits per heavy atom. The molecule has 0 spiro atoms. The molecule has 0 aliphatic heterocycles. The normalized spacial score (nSPS) is 11.2. The summed E-state index contributed by atoms with van der Waals surface area (Å²) >= 11 is 0. The van der Waals surface area contributed by atoms with Gasteiger partial charge in [-0.25, -0.2) is 0 Å². The van der Waals surface area contributed by atoms with Gasteiger partial charge in [-0.2, -0.15) is 0 Å². The van der Waals surface area contributed by atoms with E-state index in [-0.39, 0.29) is 12.8 Å². The van der Waals surface area contributed by atoms with Gasteiger partial charge in [-0.3, -0.25) is 0 Å². The fourth-order valence-corrected chi connectivity index (χ4v) is 1.01. The lowest BCUT2D eigenvalue weighted by atomic mass is 9.81. The molecule has 0 saturated heterocycles. The lowest BCUT2D eigenvalue weighted by molar-refractivity contribution is -0.312. The molecular formula is C8H12O4-2. The van der Waals surface area contributed by atoms with Gasteiger partial charge >= 0.3 is 0 Å². The third-order valence-corrected chi connectivity index (χ3v) is 2.00. The molecule has 0 aromatic heterocycles. The van der Waals surface area contributed by atoms with Crippen LogP contribution < -0.4 is 10.2 Å². The van der Waals surface area contributed by atoms with Crippen molar-refractivity contribution in [2.75, 3.05) is 0 Å². The van der Waals surface area contributed by atoms with E-state index in [1.165, 1.54) is 0 Å². The molecule has 0 unspecified atom stereocenters. The molecule has 0 amide bonds. The SMILES string of the molecule is CCC(C)(CC(=O)[O-])CC(=O)[O-]. The number of carbonyl (C=O) groups excluding carboxylic acids is 2. The van der Waals surface area contributed by atoms with Crippen molar-refractivity contribution in [2.45, 2.75) is 33.1 Å². The largest absolute Gasteiger partial charge is 0.550 e. The van der Waals surface area contributed by atoms with E-state index in [2.05, 4.69) is 0 Å². The Bertz CT molecular complexity index is 169. The van der Waals surface area contributed by atoms with Gasteiger partial charge in [0, 0.05) is 11.9 Å². The first-order chi connectivity index (χ1) is 5.39. The number of hydrogen-bond donors (Lipinski definition) is 0. The van der Waals surface area contributed by atoms with E-state index in [4.69, 9.17) is 0 Å². The summed E-state index contributed by atoms with van der Waals surface area (Å²) in [4.78, 5) is 20.5. The van der Waals surface area contributed by atoms with Crippen LogP contribution in [0, 0.1) is 5.41 Å².